The summed E-state index contributed by atoms with van der Waals surface area (Å²) >= 11 is 0. The van der Waals surface area contributed by atoms with E-state index in [1.54, 1.807) is 0 Å². The van der Waals surface area contributed by atoms with Crippen LogP contribution in [0.25, 0.3) is 0 Å². The van der Waals surface area contributed by atoms with Gasteiger partial charge in [-0.25, -0.2) is 0 Å². The molecule has 0 spiro atoms. The van der Waals surface area contributed by atoms with Gasteiger partial charge >= 0.3 is 0 Å². The lowest BCUT2D eigenvalue weighted by atomic mass is 10.0. The van der Waals surface area contributed by atoms with Crippen LogP contribution in [0.1, 0.15) is 63.1 Å². The second-order valence-electron chi connectivity index (χ2n) is 6.97. The Kier molecular flexibility index (Phi) is 10.8. The van der Waals surface area contributed by atoms with E-state index in [0.29, 0.717) is 11.8 Å². The Hall–Kier alpha value is -2.34. The molecule has 26 heavy (non-hydrogen) atoms. The molecule has 3 aromatic rings. The molecule has 0 unspecified atom stereocenters. The van der Waals surface area contributed by atoms with Crippen LogP contribution in [0.5, 0.6) is 0 Å². The van der Waals surface area contributed by atoms with E-state index in [0.717, 1.165) is 6.42 Å². The fourth-order valence-electron chi connectivity index (χ4n) is 2.39. The van der Waals surface area contributed by atoms with Crippen LogP contribution in [-0.2, 0) is 6.42 Å². The number of hydrogen-bond donors (Lipinski definition) is 0. The Morgan fingerprint density at radius 3 is 1.00 bits per heavy atom. The highest BCUT2D eigenvalue weighted by atomic mass is 14.0. The van der Waals surface area contributed by atoms with Crippen LogP contribution in [-0.4, -0.2) is 0 Å². The molecule has 0 heterocycles. The lowest BCUT2D eigenvalue weighted by Crippen LogP contribution is -1.83. The summed E-state index contributed by atoms with van der Waals surface area (Å²) < 4.78 is 0. The molecule has 3 rings (SSSR count). The average Bonchev–Trinajstić information content (AvgIpc) is 2.71. The minimum Gasteiger partial charge on any atom is -0.0622 e. The Balaban J connectivity index is 0.000000195. The van der Waals surface area contributed by atoms with E-state index in [1.165, 1.54) is 16.7 Å². The maximum Gasteiger partial charge on any atom is -0.0219 e. The first-order valence-corrected chi connectivity index (χ1v) is 9.68. The molecule has 3 aromatic carbocycles. The number of aryl methyl sites for hydroxylation is 1. The maximum absolute atomic E-state index is 2.20. The van der Waals surface area contributed by atoms with Crippen LogP contribution in [0.3, 0.4) is 0 Å². The molecule has 0 aromatic heterocycles. The lowest BCUT2D eigenvalue weighted by molar-refractivity contribution is 0.867. The highest BCUT2D eigenvalue weighted by molar-refractivity contribution is 5.18. The van der Waals surface area contributed by atoms with Crippen molar-refractivity contribution in [3.8, 4) is 0 Å². The van der Waals surface area contributed by atoms with Crippen molar-refractivity contribution in [2.45, 2.75) is 52.9 Å². The van der Waals surface area contributed by atoms with Crippen molar-refractivity contribution in [2.24, 2.45) is 0 Å². The van der Waals surface area contributed by atoms with Gasteiger partial charge in [-0.1, -0.05) is 126 Å². The van der Waals surface area contributed by atoms with Crippen LogP contribution in [0.4, 0.5) is 0 Å². The van der Waals surface area contributed by atoms with Crippen LogP contribution in [0.15, 0.2) is 91.0 Å². The highest BCUT2D eigenvalue weighted by Gasteiger charge is 1.94. The SMILES string of the molecule is CC(C)c1ccccc1.CC(C)c1ccccc1.CCc1ccccc1. The van der Waals surface area contributed by atoms with E-state index >= 15 is 0 Å². The van der Waals surface area contributed by atoms with E-state index in [2.05, 4.69) is 107 Å². The number of rotatable bonds is 3. The van der Waals surface area contributed by atoms with Gasteiger partial charge in [0.15, 0.2) is 0 Å². The van der Waals surface area contributed by atoms with Crippen molar-refractivity contribution in [3.63, 3.8) is 0 Å². The Bertz CT molecular complexity index is 624. The molecular formula is C26H34. The topological polar surface area (TPSA) is 0 Å². The molecule has 0 aliphatic heterocycles. The van der Waals surface area contributed by atoms with Crippen molar-refractivity contribution in [1.29, 1.82) is 0 Å². The summed E-state index contributed by atoms with van der Waals surface area (Å²) in [6.45, 7) is 11.0. The molecule has 0 aliphatic rings. The first-order chi connectivity index (χ1) is 12.5. The fraction of sp³-hybridized carbons (Fsp3) is 0.308. The Morgan fingerprint density at radius 1 is 0.500 bits per heavy atom. The van der Waals surface area contributed by atoms with Gasteiger partial charge in [0.25, 0.3) is 0 Å². The van der Waals surface area contributed by atoms with Gasteiger partial charge in [-0.05, 0) is 34.9 Å². The predicted octanol–water partition coefficient (Wildman–Crippen LogP) is 7.87. The minimum absolute atomic E-state index is 0.659. The molecule has 0 nitrogen and oxygen atoms in total. The van der Waals surface area contributed by atoms with Gasteiger partial charge in [-0.2, -0.15) is 0 Å². The maximum atomic E-state index is 2.20. The summed E-state index contributed by atoms with van der Waals surface area (Å²) in [5, 5.41) is 0. The molecular weight excluding hydrogens is 312 g/mol. The zero-order valence-electron chi connectivity index (χ0n) is 17.0. The van der Waals surface area contributed by atoms with Crippen molar-refractivity contribution in [2.75, 3.05) is 0 Å². The summed E-state index contributed by atoms with van der Waals surface area (Å²) in [5.41, 5.74) is 4.24. The Labute approximate surface area is 160 Å². The molecule has 0 aliphatic carbocycles. The largest absolute Gasteiger partial charge is 0.0622 e. The summed E-state index contributed by atoms with van der Waals surface area (Å²) in [6.07, 6.45) is 1.14. The van der Waals surface area contributed by atoms with Gasteiger partial charge in [0.1, 0.15) is 0 Å². The summed E-state index contributed by atoms with van der Waals surface area (Å²) in [6, 6.07) is 31.5. The summed E-state index contributed by atoms with van der Waals surface area (Å²) in [4.78, 5) is 0. The third-order valence-electron chi connectivity index (χ3n) is 4.18. The molecule has 0 fully saturated rings. The van der Waals surface area contributed by atoms with Crippen LogP contribution in [0, 0.1) is 0 Å². The van der Waals surface area contributed by atoms with E-state index in [9.17, 15) is 0 Å². The molecule has 0 atom stereocenters. The van der Waals surface area contributed by atoms with Gasteiger partial charge in [0.2, 0.25) is 0 Å². The smallest absolute Gasteiger partial charge is 0.0219 e. The monoisotopic (exact) mass is 346 g/mol. The van der Waals surface area contributed by atoms with E-state index < -0.39 is 0 Å². The molecule has 138 valence electrons. The average molecular weight is 347 g/mol. The van der Waals surface area contributed by atoms with Gasteiger partial charge in [-0.3, -0.25) is 0 Å². The third kappa shape index (κ3) is 9.22. The normalized spacial score (nSPS) is 9.81. The minimum atomic E-state index is 0.659. The number of hydrogen-bond acceptors (Lipinski definition) is 0. The van der Waals surface area contributed by atoms with Crippen molar-refractivity contribution in [1.82, 2.24) is 0 Å². The second-order valence-corrected chi connectivity index (χ2v) is 6.97. The first kappa shape index (κ1) is 21.7. The molecule has 0 saturated heterocycles. The van der Waals surface area contributed by atoms with Crippen molar-refractivity contribution in [3.05, 3.63) is 108 Å². The molecule has 0 heteroatoms. The molecule has 0 radical (unpaired) electrons. The van der Waals surface area contributed by atoms with Crippen LogP contribution < -0.4 is 0 Å². The fourth-order valence-corrected chi connectivity index (χ4v) is 2.39. The standard InChI is InChI=1S/2C9H12.C8H10/c2*1-8(2)9-6-4-3-5-7-9;1-2-8-6-4-3-5-7-8/h2*3-8H,1-2H3;3-7H,2H2,1H3. The van der Waals surface area contributed by atoms with Gasteiger partial charge in [0.05, 0.1) is 0 Å². The van der Waals surface area contributed by atoms with Crippen LogP contribution >= 0.6 is 0 Å². The lowest BCUT2D eigenvalue weighted by Gasteiger charge is -2.01. The second kappa shape index (κ2) is 12.9. The van der Waals surface area contributed by atoms with Gasteiger partial charge in [0, 0.05) is 0 Å². The predicted molar refractivity (Wildman–Crippen MR) is 117 cm³/mol. The first-order valence-electron chi connectivity index (χ1n) is 9.68. The molecule has 0 saturated carbocycles. The zero-order valence-corrected chi connectivity index (χ0v) is 17.0. The summed E-state index contributed by atoms with van der Waals surface area (Å²) in [5.74, 6) is 1.32. The zero-order chi connectivity index (χ0) is 19.2. The summed E-state index contributed by atoms with van der Waals surface area (Å²) in [7, 11) is 0. The van der Waals surface area contributed by atoms with E-state index in [4.69, 9.17) is 0 Å². The van der Waals surface area contributed by atoms with E-state index in [1.807, 2.05) is 18.2 Å². The van der Waals surface area contributed by atoms with Crippen molar-refractivity contribution < 1.29 is 0 Å². The van der Waals surface area contributed by atoms with Gasteiger partial charge < -0.3 is 0 Å². The molecule has 0 amide bonds. The number of benzene rings is 3. The quantitative estimate of drug-likeness (QED) is 0.452. The third-order valence-corrected chi connectivity index (χ3v) is 4.18. The van der Waals surface area contributed by atoms with Gasteiger partial charge in [-0.15, -0.1) is 0 Å². The Morgan fingerprint density at radius 2 is 0.808 bits per heavy atom. The highest BCUT2D eigenvalue weighted by Crippen LogP contribution is 2.12. The molecule has 0 bridgehead atoms. The van der Waals surface area contributed by atoms with Crippen molar-refractivity contribution >= 4 is 0 Å². The molecule has 0 N–H and O–H groups in total. The van der Waals surface area contributed by atoms with E-state index in [-0.39, 0.29) is 0 Å². The van der Waals surface area contributed by atoms with Crippen LogP contribution in [0.2, 0.25) is 0 Å².